The van der Waals surface area contributed by atoms with Gasteiger partial charge in [0, 0.05) is 6.61 Å². The predicted molar refractivity (Wildman–Crippen MR) is 120 cm³/mol. The maximum atomic E-state index is 5.66. The molecule has 0 fully saturated rings. The van der Waals surface area contributed by atoms with Crippen molar-refractivity contribution >= 4 is 0 Å². The van der Waals surface area contributed by atoms with Crippen molar-refractivity contribution in [1.82, 2.24) is 0 Å². The van der Waals surface area contributed by atoms with Crippen LogP contribution >= 0.6 is 0 Å². The second kappa shape index (κ2) is 22.2. The summed E-state index contributed by atoms with van der Waals surface area (Å²) in [5.74, 6) is 0. The van der Waals surface area contributed by atoms with Crippen LogP contribution in [0.4, 0.5) is 0 Å². The van der Waals surface area contributed by atoms with Crippen LogP contribution in [0, 0.1) is 0 Å². The maximum Gasteiger partial charge on any atom is 0.155 e. The molecule has 0 aromatic rings. The molecule has 0 heterocycles. The molecule has 0 bridgehead atoms. The first-order valence-electron chi connectivity index (χ1n) is 12.4. The van der Waals surface area contributed by atoms with E-state index in [1.807, 2.05) is 6.92 Å². The molecule has 0 aromatic heterocycles. The largest absolute Gasteiger partial charge is 0.353 e. The summed E-state index contributed by atoms with van der Waals surface area (Å²) < 4.78 is 11.2. The average molecular weight is 385 g/mol. The Morgan fingerprint density at radius 3 is 1.15 bits per heavy atom. The lowest BCUT2D eigenvalue weighted by atomic mass is 10.0. The van der Waals surface area contributed by atoms with Gasteiger partial charge in [0.05, 0.1) is 6.10 Å². The van der Waals surface area contributed by atoms with Gasteiger partial charge in [0.15, 0.2) is 6.29 Å². The van der Waals surface area contributed by atoms with E-state index in [0.717, 1.165) is 6.61 Å². The third-order valence-electron chi connectivity index (χ3n) is 5.31. The number of rotatable bonds is 22. The van der Waals surface area contributed by atoms with Crippen molar-refractivity contribution in [2.24, 2.45) is 0 Å². The van der Waals surface area contributed by atoms with Gasteiger partial charge in [0.1, 0.15) is 0 Å². The smallest absolute Gasteiger partial charge is 0.155 e. The molecule has 0 amide bonds. The van der Waals surface area contributed by atoms with Crippen molar-refractivity contribution < 1.29 is 9.47 Å². The predicted octanol–water partition coefficient (Wildman–Crippen LogP) is 8.82. The van der Waals surface area contributed by atoms with Gasteiger partial charge >= 0.3 is 0 Å². The van der Waals surface area contributed by atoms with E-state index in [2.05, 4.69) is 20.8 Å². The lowest BCUT2D eigenvalue weighted by Gasteiger charge is -2.16. The summed E-state index contributed by atoms with van der Waals surface area (Å²) in [6.45, 7) is 9.23. The minimum Gasteiger partial charge on any atom is -0.353 e. The zero-order valence-corrected chi connectivity index (χ0v) is 19.4. The normalized spacial score (nSPS) is 12.8. The number of hydrogen-bond acceptors (Lipinski definition) is 2. The van der Waals surface area contributed by atoms with E-state index in [9.17, 15) is 0 Å². The van der Waals surface area contributed by atoms with Crippen molar-refractivity contribution in [1.29, 1.82) is 0 Å². The molecule has 2 nitrogen and oxygen atoms in total. The minimum atomic E-state index is -0.0594. The van der Waals surface area contributed by atoms with Crippen LogP contribution in [0.1, 0.15) is 143 Å². The molecule has 0 saturated heterocycles. The topological polar surface area (TPSA) is 18.5 Å². The van der Waals surface area contributed by atoms with Crippen LogP contribution in [0.2, 0.25) is 0 Å². The Morgan fingerprint density at radius 2 is 0.815 bits per heavy atom. The molecule has 1 unspecified atom stereocenters. The molecule has 0 aliphatic carbocycles. The lowest BCUT2D eigenvalue weighted by Crippen LogP contribution is -2.18. The zero-order valence-electron chi connectivity index (χ0n) is 19.4. The Morgan fingerprint density at radius 1 is 0.481 bits per heavy atom. The van der Waals surface area contributed by atoms with Crippen LogP contribution in [0.5, 0.6) is 0 Å². The van der Waals surface area contributed by atoms with Gasteiger partial charge in [-0.1, -0.05) is 116 Å². The van der Waals surface area contributed by atoms with Gasteiger partial charge in [-0.3, -0.25) is 0 Å². The summed E-state index contributed by atoms with van der Waals surface area (Å²) in [4.78, 5) is 0. The fourth-order valence-electron chi connectivity index (χ4n) is 3.68. The van der Waals surface area contributed by atoms with Gasteiger partial charge in [0.25, 0.3) is 0 Å². The Kier molecular flexibility index (Phi) is 22.1. The highest BCUT2D eigenvalue weighted by molar-refractivity contribution is 4.50. The summed E-state index contributed by atoms with van der Waals surface area (Å²) in [6.07, 6.45) is 25.7. The van der Waals surface area contributed by atoms with Crippen molar-refractivity contribution in [3.05, 3.63) is 0 Å². The van der Waals surface area contributed by atoms with Crippen LogP contribution in [0.15, 0.2) is 0 Å². The van der Waals surface area contributed by atoms with Crippen molar-refractivity contribution in [3.63, 3.8) is 0 Å². The first kappa shape index (κ1) is 26.9. The van der Waals surface area contributed by atoms with Gasteiger partial charge < -0.3 is 9.47 Å². The maximum absolute atomic E-state index is 5.66. The zero-order chi connectivity index (χ0) is 20.0. The summed E-state index contributed by atoms with van der Waals surface area (Å²) in [5.41, 5.74) is 0. The van der Waals surface area contributed by atoms with E-state index < -0.39 is 0 Å². The second-order valence-corrected chi connectivity index (χ2v) is 8.63. The molecule has 0 N–H and O–H groups in total. The highest BCUT2D eigenvalue weighted by Gasteiger charge is 2.03. The fourth-order valence-corrected chi connectivity index (χ4v) is 3.68. The number of hydrogen-bond donors (Lipinski definition) is 0. The Labute approximate surface area is 172 Å². The van der Waals surface area contributed by atoms with Crippen molar-refractivity contribution in [2.45, 2.75) is 156 Å². The van der Waals surface area contributed by atoms with Crippen LogP contribution in [0.25, 0.3) is 0 Å². The van der Waals surface area contributed by atoms with Gasteiger partial charge in [-0.05, 0) is 27.2 Å². The van der Waals surface area contributed by atoms with E-state index in [-0.39, 0.29) is 12.4 Å². The Hall–Kier alpha value is -0.0800. The highest BCUT2D eigenvalue weighted by atomic mass is 16.7. The molecule has 0 radical (unpaired) electrons. The van der Waals surface area contributed by atoms with Crippen LogP contribution in [-0.4, -0.2) is 19.0 Å². The second-order valence-electron chi connectivity index (χ2n) is 8.63. The van der Waals surface area contributed by atoms with Gasteiger partial charge in [-0.2, -0.15) is 0 Å². The SMILES string of the molecule is CCCCCCCCCCCCCCCCCCCCOC(C)OC(C)C. The van der Waals surface area contributed by atoms with Crippen molar-refractivity contribution in [3.8, 4) is 0 Å². The molecule has 0 rings (SSSR count). The van der Waals surface area contributed by atoms with E-state index in [0.29, 0.717) is 0 Å². The molecule has 27 heavy (non-hydrogen) atoms. The van der Waals surface area contributed by atoms with Gasteiger partial charge in [0.2, 0.25) is 0 Å². The third kappa shape index (κ3) is 23.9. The first-order valence-corrected chi connectivity index (χ1v) is 12.4. The Bertz CT molecular complexity index is 265. The molecule has 0 spiro atoms. The summed E-state index contributed by atoms with van der Waals surface area (Å²) in [5, 5.41) is 0. The lowest BCUT2D eigenvalue weighted by molar-refractivity contribution is -0.151. The number of ether oxygens (including phenoxy) is 2. The van der Waals surface area contributed by atoms with E-state index in [4.69, 9.17) is 9.47 Å². The number of unbranched alkanes of at least 4 members (excludes halogenated alkanes) is 17. The molecule has 0 aromatic carbocycles. The molecule has 0 saturated carbocycles. The molecular formula is C25H52O2. The quantitative estimate of drug-likeness (QED) is 0.137. The summed E-state index contributed by atoms with van der Waals surface area (Å²) in [7, 11) is 0. The monoisotopic (exact) mass is 384 g/mol. The van der Waals surface area contributed by atoms with Crippen LogP contribution in [-0.2, 0) is 9.47 Å². The van der Waals surface area contributed by atoms with E-state index in [1.165, 1.54) is 116 Å². The van der Waals surface area contributed by atoms with Gasteiger partial charge in [-0.25, -0.2) is 0 Å². The molecule has 2 heteroatoms. The highest BCUT2D eigenvalue weighted by Crippen LogP contribution is 2.14. The van der Waals surface area contributed by atoms with Crippen LogP contribution in [0.3, 0.4) is 0 Å². The molecular weight excluding hydrogens is 332 g/mol. The average Bonchev–Trinajstić information content (AvgIpc) is 2.63. The standard InChI is InChI=1S/C25H52O2/c1-5-6-7-8-9-10-11-12-13-14-15-16-17-18-19-20-21-22-23-26-25(4)27-24(2)3/h24-25H,5-23H2,1-4H3. The van der Waals surface area contributed by atoms with E-state index >= 15 is 0 Å². The molecule has 164 valence electrons. The Balaban J connectivity index is 3.05. The van der Waals surface area contributed by atoms with E-state index in [1.54, 1.807) is 0 Å². The third-order valence-corrected chi connectivity index (χ3v) is 5.31. The molecule has 0 aliphatic rings. The van der Waals surface area contributed by atoms with Crippen molar-refractivity contribution in [2.75, 3.05) is 6.61 Å². The molecule has 0 aliphatic heterocycles. The summed E-state index contributed by atoms with van der Waals surface area (Å²) in [6, 6.07) is 0. The summed E-state index contributed by atoms with van der Waals surface area (Å²) >= 11 is 0. The van der Waals surface area contributed by atoms with Gasteiger partial charge in [-0.15, -0.1) is 0 Å². The first-order chi connectivity index (χ1) is 13.2. The fraction of sp³-hybridized carbons (Fsp3) is 1.00. The minimum absolute atomic E-state index is 0.0594. The molecule has 1 atom stereocenters. The van der Waals surface area contributed by atoms with Crippen LogP contribution < -0.4 is 0 Å².